The van der Waals surface area contributed by atoms with E-state index >= 15 is 0 Å². The topological polar surface area (TPSA) is 92.4 Å². The average Bonchev–Trinajstić information content (AvgIpc) is 2.73. The highest BCUT2D eigenvalue weighted by atomic mass is 16.5. The Kier molecular flexibility index (Phi) is 4.11. The molecule has 2 unspecified atom stereocenters. The SMILES string of the molecule is Cc1cc(CC(=O)NC2(C)CCCCC2C(=O)O)no1. The minimum absolute atomic E-state index is 0.110. The predicted molar refractivity (Wildman–Crippen MR) is 71.1 cm³/mol. The van der Waals surface area contributed by atoms with Crippen molar-refractivity contribution in [3.63, 3.8) is 0 Å². The summed E-state index contributed by atoms with van der Waals surface area (Å²) in [5.41, 5.74) is -0.119. The van der Waals surface area contributed by atoms with Crippen LogP contribution in [0.3, 0.4) is 0 Å². The number of carboxylic acids is 1. The summed E-state index contributed by atoms with van der Waals surface area (Å²) in [4.78, 5) is 23.4. The van der Waals surface area contributed by atoms with Crippen molar-refractivity contribution in [3.8, 4) is 0 Å². The molecule has 1 heterocycles. The minimum atomic E-state index is -0.843. The van der Waals surface area contributed by atoms with Gasteiger partial charge in [0, 0.05) is 6.07 Å². The van der Waals surface area contributed by atoms with E-state index in [0.29, 0.717) is 24.3 Å². The molecule has 1 aliphatic carbocycles. The summed E-state index contributed by atoms with van der Waals surface area (Å²) < 4.78 is 4.92. The molecular weight excluding hydrogens is 260 g/mol. The van der Waals surface area contributed by atoms with E-state index in [1.807, 2.05) is 6.92 Å². The molecule has 2 atom stereocenters. The average molecular weight is 280 g/mol. The van der Waals surface area contributed by atoms with Crippen LogP contribution in [0.1, 0.15) is 44.1 Å². The molecule has 2 rings (SSSR count). The molecule has 1 saturated carbocycles. The fourth-order valence-corrected chi connectivity index (χ4v) is 2.91. The van der Waals surface area contributed by atoms with Crippen LogP contribution in [0.25, 0.3) is 0 Å². The van der Waals surface area contributed by atoms with Gasteiger partial charge in [-0.2, -0.15) is 0 Å². The lowest BCUT2D eigenvalue weighted by Crippen LogP contribution is -2.55. The Morgan fingerprint density at radius 1 is 1.55 bits per heavy atom. The van der Waals surface area contributed by atoms with Gasteiger partial charge in [0.2, 0.25) is 5.91 Å². The van der Waals surface area contributed by atoms with Crippen molar-refractivity contribution in [1.29, 1.82) is 0 Å². The van der Waals surface area contributed by atoms with E-state index in [0.717, 1.165) is 12.8 Å². The Hall–Kier alpha value is -1.85. The van der Waals surface area contributed by atoms with Gasteiger partial charge in [-0.15, -0.1) is 0 Å². The molecule has 1 aromatic heterocycles. The van der Waals surface area contributed by atoms with E-state index in [2.05, 4.69) is 10.5 Å². The second-order valence-electron chi connectivity index (χ2n) is 5.71. The molecule has 0 aromatic carbocycles. The predicted octanol–water partition coefficient (Wildman–Crippen LogP) is 1.68. The molecule has 110 valence electrons. The first-order chi connectivity index (χ1) is 9.40. The van der Waals surface area contributed by atoms with Gasteiger partial charge in [-0.05, 0) is 26.7 Å². The third-order valence-corrected chi connectivity index (χ3v) is 3.95. The Bertz CT molecular complexity index is 511. The van der Waals surface area contributed by atoms with E-state index in [1.54, 1.807) is 13.0 Å². The van der Waals surface area contributed by atoms with Crippen LogP contribution in [0, 0.1) is 12.8 Å². The van der Waals surface area contributed by atoms with Crippen LogP contribution in [0.15, 0.2) is 10.6 Å². The lowest BCUT2D eigenvalue weighted by molar-refractivity contribution is -0.146. The van der Waals surface area contributed by atoms with E-state index in [4.69, 9.17) is 4.52 Å². The Morgan fingerprint density at radius 2 is 2.30 bits per heavy atom. The largest absolute Gasteiger partial charge is 0.481 e. The number of hydrogen-bond acceptors (Lipinski definition) is 4. The molecule has 2 N–H and O–H groups in total. The Morgan fingerprint density at radius 3 is 2.90 bits per heavy atom. The van der Waals surface area contributed by atoms with E-state index in [9.17, 15) is 14.7 Å². The monoisotopic (exact) mass is 280 g/mol. The molecule has 0 aliphatic heterocycles. The number of nitrogens with zero attached hydrogens (tertiary/aromatic N) is 1. The van der Waals surface area contributed by atoms with Gasteiger partial charge >= 0.3 is 5.97 Å². The zero-order chi connectivity index (χ0) is 14.8. The summed E-state index contributed by atoms with van der Waals surface area (Å²) in [6.45, 7) is 3.58. The first-order valence-corrected chi connectivity index (χ1v) is 6.87. The fourth-order valence-electron chi connectivity index (χ4n) is 2.91. The van der Waals surface area contributed by atoms with E-state index < -0.39 is 17.4 Å². The zero-order valence-corrected chi connectivity index (χ0v) is 11.8. The van der Waals surface area contributed by atoms with Gasteiger partial charge in [0.05, 0.1) is 23.6 Å². The van der Waals surface area contributed by atoms with Crippen molar-refractivity contribution in [2.24, 2.45) is 5.92 Å². The van der Waals surface area contributed by atoms with Crippen molar-refractivity contribution in [2.75, 3.05) is 0 Å². The normalized spacial score (nSPS) is 26.2. The van der Waals surface area contributed by atoms with Crippen LogP contribution in [0.5, 0.6) is 0 Å². The summed E-state index contributed by atoms with van der Waals surface area (Å²) in [5, 5.41) is 16.0. The van der Waals surface area contributed by atoms with E-state index in [-0.39, 0.29) is 12.3 Å². The molecule has 1 aliphatic rings. The second-order valence-corrected chi connectivity index (χ2v) is 5.71. The molecule has 1 aromatic rings. The maximum absolute atomic E-state index is 12.1. The summed E-state index contributed by atoms with van der Waals surface area (Å²) in [7, 11) is 0. The summed E-state index contributed by atoms with van der Waals surface area (Å²) >= 11 is 0. The number of hydrogen-bond donors (Lipinski definition) is 2. The Labute approximate surface area is 117 Å². The molecule has 6 nitrogen and oxygen atoms in total. The molecule has 6 heteroatoms. The number of carbonyl (C=O) groups is 2. The third-order valence-electron chi connectivity index (χ3n) is 3.95. The number of aliphatic carboxylic acids is 1. The van der Waals surface area contributed by atoms with Gasteiger partial charge in [0.15, 0.2) is 0 Å². The lowest BCUT2D eigenvalue weighted by Gasteiger charge is -2.39. The lowest BCUT2D eigenvalue weighted by atomic mass is 9.74. The quantitative estimate of drug-likeness (QED) is 0.875. The fraction of sp³-hybridized carbons (Fsp3) is 0.643. The summed E-state index contributed by atoms with van der Waals surface area (Å²) in [6.07, 6.45) is 3.23. The number of rotatable bonds is 4. The van der Waals surface area contributed by atoms with E-state index in [1.165, 1.54) is 0 Å². The number of aromatic nitrogens is 1. The van der Waals surface area contributed by atoms with Gasteiger partial charge in [-0.25, -0.2) is 0 Å². The summed E-state index contributed by atoms with van der Waals surface area (Å²) in [6, 6.07) is 1.71. The van der Waals surface area contributed by atoms with Gasteiger partial charge in [0.1, 0.15) is 5.76 Å². The smallest absolute Gasteiger partial charge is 0.308 e. The molecule has 0 bridgehead atoms. The maximum atomic E-state index is 12.1. The van der Waals surface area contributed by atoms with Crippen LogP contribution in [0.4, 0.5) is 0 Å². The molecular formula is C14H20N2O4. The molecule has 0 spiro atoms. The number of carboxylic acid groups (broad SMARTS) is 1. The van der Waals surface area contributed by atoms with Gasteiger partial charge in [-0.3, -0.25) is 9.59 Å². The van der Waals surface area contributed by atoms with Crippen LogP contribution >= 0.6 is 0 Å². The first kappa shape index (κ1) is 14.6. The molecule has 0 saturated heterocycles. The highest BCUT2D eigenvalue weighted by Gasteiger charge is 2.42. The summed E-state index contributed by atoms with van der Waals surface area (Å²) in [5.74, 6) is -0.932. The maximum Gasteiger partial charge on any atom is 0.308 e. The number of carbonyl (C=O) groups excluding carboxylic acids is 1. The first-order valence-electron chi connectivity index (χ1n) is 6.87. The highest BCUT2D eigenvalue weighted by molar-refractivity contribution is 5.80. The Balaban J connectivity index is 2.02. The second kappa shape index (κ2) is 5.64. The highest BCUT2D eigenvalue weighted by Crippen LogP contribution is 2.33. The number of nitrogens with one attached hydrogen (secondary N) is 1. The van der Waals surface area contributed by atoms with Crippen LogP contribution in [0.2, 0.25) is 0 Å². The standard InChI is InChI=1S/C14H20N2O4/c1-9-7-10(16-20-9)8-12(17)15-14(2)6-4-3-5-11(14)13(18)19/h7,11H,3-6,8H2,1-2H3,(H,15,17)(H,18,19). The van der Waals surface area contributed by atoms with Gasteiger partial charge < -0.3 is 14.9 Å². The van der Waals surface area contributed by atoms with Crippen molar-refractivity contribution in [2.45, 2.75) is 51.5 Å². The van der Waals surface area contributed by atoms with Crippen molar-refractivity contribution < 1.29 is 19.2 Å². The van der Waals surface area contributed by atoms with Gasteiger partial charge in [0.25, 0.3) is 0 Å². The van der Waals surface area contributed by atoms with Crippen LogP contribution < -0.4 is 5.32 Å². The number of amides is 1. The molecule has 20 heavy (non-hydrogen) atoms. The third kappa shape index (κ3) is 3.18. The van der Waals surface area contributed by atoms with Crippen molar-refractivity contribution >= 4 is 11.9 Å². The van der Waals surface area contributed by atoms with Crippen molar-refractivity contribution in [3.05, 3.63) is 17.5 Å². The zero-order valence-electron chi connectivity index (χ0n) is 11.8. The molecule has 0 radical (unpaired) electrons. The number of aryl methyl sites for hydroxylation is 1. The molecule has 1 fully saturated rings. The van der Waals surface area contributed by atoms with Crippen LogP contribution in [-0.4, -0.2) is 27.7 Å². The van der Waals surface area contributed by atoms with Crippen molar-refractivity contribution in [1.82, 2.24) is 10.5 Å². The van der Waals surface area contributed by atoms with Crippen LogP contribution in [-0.2, 0) is 16.0 Å². The van der Waals surface area contributed by atoms with Gasteiger partial charge in [-0.1, -0.05) is 18.0 Å². The molecule has 1 amide bonds. The minimum Gasteiger partial charge on any atom is -0.481 e.